The predicted molar refractivity (Wildman–Crippen MR) is 57.7 cm³/mol. The van der Waals surface area contributed by atoms with E-state index in [-0.39, 0.29) is 6.54 Å². The van der Waals surface area contributed by atoms with E-state index in [1.807, 2.05) is 0 Å². The number of hydrogen-bond acceptors (Lipinski definition) is 1. The van der Waals surface area contributed by atoms with Crippen LogP contribution in [0.15, 0.2) is 24.3 Å². The molecule has 0 aliphatic heterocycles. The van der Waals surface area contributed by atoms with Crippen molar-refractivity contribution in [3.8, 4) is 0 Å². The predicted octanol–water partition coefficient (Wildman–Crippen LogP) is 3.00. The normalized spacial score (nSPS) is 16.1. The van der Waals surface area contributed by atoms with Gasteiger partial charge in [-0.15, -0.1) is 0 Å². The lowest BCUT2D eigenvalue weighted by atomic mass is 9.73. The first-order chi connectivity index (χ1) is 6.81. The van der Waals surface area contributed by atoms with Crippen molar-refractivity contribution >= 4 is 0 Å². The highest BCUT2D eigenvalue weighted by Gasteiger charge is 2.42. The SMILES string of the molecule is CC(C)(C)C(F)(CN)c1cccc(F)c1. The van der Waals surface area contributed by atoms with Gasteiger partial charge in [-0.3, -0.25) is 0 Å². The molecule has 0 amide bonds. The number of halogens is 2. The summed E-state index contributed by atoms with van der Waals surface area (Å²) < 4.78 is 27.7. The number of benzene rings is 1. The Labute approximate surface area is 89.3 Å². The second-order valence-electron chi connectivity index (χ2n) is 4.77. The van der Waals surface area contributed by atoms with E-state index in [9.17, 15) is 8.78 Å². The van der Waals surface area contributed by atoms with Crippen LogP contribution in [0.4, 0.5) is 8.78 Å². The average Bonchev–Trinajstić information content (AvgIpc) is 2.14. The quantitative estimate of drug-likeness (QED) is 0.803. The van der Waals surface area contributed by atoms with Crippen molar-refractivity contribution < 1.29 is 8.78 Å². The molecule has 0 aromatic heterocycles. The van der Waals surface area contributed by atoms with Crippen molar-refractivity contribution in [3.05, 3.63) is 35.6 Å². The van der Waals surface area contributed by atoms with Crippen LogP contribution in [0.1, 0.15) is 26.3 Å². The van der Waals surface area contributed by atoms with Gasteiger partial charge in [-0.1, -0.05) is 32.9 Å². The zero-order valence-corrected chi connectivity index (χ0v) is 9.35. The molecule has 0 saturated carbocycles. The van der Waals surface area contributed by atoms with Gasteiger partial charge in [0.2, 0.25) is 0 Å². The Hall–Kier alpha value is -0.960. The fourth-order valence-corrected chi connectivity index (χ4v) is 1.59. The van der Waals surface area contributed by atoms with Crippen LogP contribution in [0, 0.1) is 11.2 Å². The minimum Gasteiger partial charge on any atom is -0.327 e. The lowest BCUT2D eigenvalue weighted by Gasteiger charge is -2.37. The Morgan fingerprint density at radius 2 is 1.87 bits per heavy atom. The van der Waals surface area contributed by atoms with Gasteiger partial charge < -0.3 is 5.73 Å². The smallest absolute Gasteiger partial charge is 0.153 e. The molecule has 1 atom stereocenters. The number of nitrogens with two attached hydrogens (primary N) is 1. The summed E-state index contributed by atoms with van der Waals surface area (Å²) in [4.78, 5) is 0. The van der Waals surface area contributed by atoms with Crippen molar-refractivity contribution in [2.45, 2.75) is 26.4 Å². The van der Waals surface area contributed by atoms with Gasteiger partial charge in [0.05, 0.1) is 0 Å². The summed E-state index contributed by atoms with van der Waals surface area (Å²) in [6, 6.07) is 5.57. The Morgan fingerprint density at radius 1 is 1.27 bits per heavy atom. The Kier molecular flexibility index (Phi) is 3.14. The molecule has 1 unspecified atom stereocenters. The van der Waals surface area contributed by atoms with Crippen LogP contribution in [0.25, 0.3) is 0 Å². The molecule has 0 heterocycles. The van der Waals surface area contributed by atoms with Gasteiger partial charge in [0, 0.05) is 12.0 Å². The first-order valence-electron chi connectivity index (χ1n) is 4.96. The molecule has 0 bridgehead atoms. The molecular formula is C12H17F2N. The molecule has 1 rings (SSSR count). The summed E-state index contributed by atoms with van der Waals surface area (Å²) in [5.41, 5.74) is 3.42. The van der Waals surface area contributed by atoms with Crippen molar-refractivity contribution in [1.82, 2.24) is 0 Å². The molecule has 3 heteroatoms. The first kappa shape index (κ1) is 12.1. The zero-order valence-electron chi connectivity index (χ0n) is 9.35. The van der Waals surface area contributed by atoms with Crippen LogP contribution in [0.3, 0.4) is 0 Å². The Balaban J connectivity index is 3.23. The van der Waals surface area contributed by atoms with Crippen LogP contribution in [-0.4, -0.2) is 6.54 Å². The summed E-state index contributed by atoms with van der Waals surface area (Å²) in [6.45, 7) is 5.11. The van der Waals surface area contributed by atoms with Crippen molar-refractivity contribution in [1.29, 1.82) is 0 Å². The van der Waals surface area contributed by atoms with Gasteiger partial charge in [0.25, 0.3) is 0 Å². The third-order valence-electron chi connectivity index (χ3n) is 2.75. The molecule has 2 N–H and O–H groups in total. The van der Waals surface area contributed by atoms with E-state index in [1.165, 1.54) is 18.2 Å². The van der Waals surface area contributed by atoms with E-state index in [0.29, 0.717) is 5.56 Å². The van der Waals surface area contributed by atoms with E-state index in [4.69, 9.17) is 5.73 Å². The molecule has 0 spiro atoms. The van der Waals surface area contributed by atoms with Gasteiger partial charge in [-0.05, 0) is 17.7 Å². The Morgan fingerprint density at radius 3 is 2.27 bits per heavy atom. The van der Waals surface area contributed by atoms with Gasteiger partial charge >= 0.3 is 0 Å². The topological polar surface area (TPSA) is 26.0 Å². The highest BCUT2D eigenvalue weighted by Crippen LogP contribution is 2.42. The van der Waals surface area contributed by atoms with Crippen LogP contribution < -0.4 is 5.73 Å². The third-order valence-corrected chi connectivity index (χ3v) is 2.75. The summed E-state index contributed by atoms with van der Waals surface area (Å²) in [7, 11) is 0. The largest absolute Gasteiger partial charge is 0.327 e. The fourth-order valence-electron chi connectivity index (χ4n) is 1.59. The first-order valence-corrected chi connectivity index (χ1v) is 4.96. The van der Waals surface area contributed by atoms with Crippen LogP contribution in [0.2, 0.25) is 0 Å². The van der Waals surface area contributed by atoms with Crippen LogP contribution in [0.5, 0.6) is 0 Å². The molecule has 84 valence electrons. The minimum absolute atomic E-state index is 0.153. The molecule has 15 heavy (non-hydrogen) atoms. The summed E-state index contributed by atoms with van der Waals surface area (Å²) >= 11 is 0. The lowest BCUT2D eigenvalue weighted by Crippen LogP contribution is -2.42. The maximum absolute atomic E-state index is 14.6. The van der Waals surface area contributed by atoms with E-state index >= 15 is 0 Å². The van der Waals surface area contributed by atoms with E-state index in [1.54, 1.807) is 26.8 Å². The van der Waals surface area contributed by atoms with Crippen molar-refractivity contribution in [2.75, 3.05) is 6.54 Å². The summed E-state index contributed by atoms with van der Waals surface area (Å²) in [5, 5.41) is 0. The number of hydrogen-bond donors (Lipinski definition) is 1. The molecule has 0 radical (unpaired) electrons. The number of rotatable bonds is 2. The van der Waals surface area contributed by atoms with Gasteiger partial charge in [-0.25, -0.2) is 8.78 Å². The van der Waals surface area contributed by atoms with Crippen molar-refractivity contribution in [2.24, 2.45) is 11.1 Å². The van der Waals surface area contributed by atoms with E-state index < -0.39 is 16.9 Å². The van der Waals surface area contributed by atoms with E-state index in [2.05, 4.69) is 0 Å². The summed E-state index contributed by atoms with van der Waals surface area (Å²) in [5.74, 6) is -0.438. The van der Waals surface area contributed by atoms with Gasteiger partial charge in [0.15, 0.2) is 5.67 Å². The second kappa shape index (κ2) is 3.89. The third kappa shape index (κ3) is 2.17. The fraction of sp³-hybridized carbons (Fsp3) is 0.500. The van der Waals surface area contributed by atoms with E-state index in [0.717, 1.165) is 0 Å². The maximum atomic E-state index is 14.6. The highest BCUT2D eigenvalue weighted by molar-refractivity contribution is 5.26. The molecule has 1 nitrogen and oxygen atoms in total. The van der Waals surface area contributed by atoms with Crippen LogP contribution >= 0.6 is 0 Å². The molecule has 0 saturated heterocycles. The molecule has 0 aliphatic rings. The zero-order chi connectivity index (χ0) is 11.7. The minimum atomic E-state index is -1.70. The van der Waals surface area contributed by atoms with Gasteiger partial charge in [-0.2, -0.15) is 0 Å². The molecule has 1 aromatic rings. The van der Waals surface area contributed by atoms with Crippen molar-refractivity contribution in [3.63, 3.8) is 0 Å². The monoisotopic (exact) mass is 213 g/mol. The molecule has 1 aromatic carbocycles. The summed E-state index contributed by atoms with van der Waals surface area (Å²) in [6.07, 6.45) is 0. The Bertz CT molecular complexity index is 344. The van der Waals surface area contributed by atoms with Gasteiger partial charge in [0.1, 0.15) is 5.82 Å². The number of alkyl halides is 1. The molecule has 0 fully saturated rings. The second-order valence-corrected chi connectivity index (χ2v) is 4.77. The molecular weight excluding hydrogens is 196 g/mol. The average molecular weight is 213 g/mol. The maximum Gasteiger partial charge on any atom is 0.153 e. The van der Waals surface area contributed by atoms with Crippen LogP contribution in [-0.2, 0) is 5.67 Å². The molecule has 0 aliphatic carbocycles. The highest BCUT2D eigenvalue weighted by atomic mass is 19.1. The lowest BCUT2D eigenvalue weighted by molar-refractivity contribution is 0.0340. The standard InChI is InChI=1S/C12H17F2N/c1-11(2,3)12(14,8-15)9-5-4-6-10(13)7-9/h4-7H,8,15H2,1-3H3.